The number of hydrogen-bond acceptors (Lipinski definition) is 4. The number of rotatable bonds is 3. The second-order valence-electron chi connectivity index (χ2n) is 8.23. The molecule has 30 heavy (non-hydrogen) atoms. The predicted octanol–water partition coefficient (Wildman–Crippen LogP) is 5.68. The Balaban J connectivity index is 1.45. The minimum absolute atomic E-state index is 0.183. The van der Waals surface area contributed by atoms with E-state index in [1.54, 1.807) is 6.07 Å². The van der Waals surface area contributed by atoms with Crippen molar-refractivity contribution in [2.75, 3.05) is 13.3 Å². The maximum atomic E-state index is 12.5. The summed E-state index contributed by atoms with van der Waals surface area (Å²) in [6.07, 6.45) is 4.75. The summed E-state index contributed by atoms with van der Waals surface area (Å²) in [5.41, 5.74) is 5.68. The molecule has 0 fully saturated rings. The van der Waals surface area contributed by atoms with Gasteiger partial charge >= 0.3 is 5.63 Å². The summed E-state index contributed by atoms with van der Waals surface area (Å²) in [5, 5.41) is 2.42. The van der Waals surface area contributed by atoms with E-state index in [2.05, 4.69) is 11.0 Å². The highest BCUT2D eigenvalue weighted by molar-refractivity contribution is 6.35. The molecule has 1 aromatic heterocycles. The SMILES string of the molecule is Cc1c2c(cc3c4c(c(=O)oc13)CCCC4)CN(CCc1ccc(Cl)cc1Cl)CO2. The summed E-state index contributed by atoms with van der Waals surface area (Å²) in [6, 6.07) is 7.81. The van der Waals surface area contributed by atoms with Crippen molar-refractivity contribution >= 4 is 34.2 Å². The molecule has 0 bridgehead atoms. The van der Waals surface area contributed by atoms with Gasteiger partial charge in [0.25, 0.3) is 0 Å². The molecule has 0 saturated heterocycles. The van der Waals surface area contributed by atoms with Crippen molar-refractivity contribution in [2.45, 2.75) is 45.6 Å². The molecule has 2 aliphatic rings. The molecule has 1 aliphatic carbocycles. The average molecular weight is 444 g/mol. The molecule has 0 atom stereocenters. The van der Waals surface area contributed by atoms with Crippen LogP contribution in [0.2, 0.25) is 10.0 Å². The van der Waals surface area contributed by atoms with Crippen LogP contribution in [-0.2, 0) is 25.8 Å². The third-order valence-corrected chi connectivity index (χ3v) is 6.85. The van der Waals surface area contributed by atoms with Gasteiger partial charge in [0.2, 0.25) is 0 Å². The maximum Gasteiger partial charge on any atom is 0.339 e. The van der Waals surface area contributed by atoms with E-state index in [0.29, 0.717) is 22.4 Å². The number of fused-ring (bicyclic) bond motifs is 4. The first-order valence-electron chi connectivity index (χ1n) is 10.4. The Morgan fingerprint density at radius 2 is 1.90 bits per heavy atom. The van der Waals surface area contributed by atoms with E-state index >= 15 is 0 Å². The standard InChI is InChI=1S/C24H23Cl2NO3/c1-14-22-16(10-20-18-4-2-3-5-19(18)24(28)30-23(14)20)12-27(13-29-22)9-8-15-6-7-17(25)11-21(15)26/h6-7,10-11H,2-5,8-9,12-13H2,1H3. The van der Waals surface area contributed by atoms with Crippen molar-refractivity contribution in [2.24, 2.45) is 0 Å². The van der Waals surface area contributed by atoms with Crippen LogP contribution in [0.5, 0.6) is 5.75 Å². The highest BCUT2D eigenvalue weighted by Crippen LogP contribution is 2.37. The third kappa shape index (κ3) is 3.51. The molecule has 4 nitrogen and oxygen atoms in total. The van der Waals surface area contributed by atoms with E-state index in [9.17, 15) is 4.79 Å². The minimum atomic E-state index is -0.183. The predicted molar refractivity (Wildman–Crippen MR) is 120 cm³/mol. The van der Waals surface area contributed by atoms with Crippen molar-refractivity contribution in [3.05, 3.63) is 72.5 Å². The first kappa shape index (κ1) is 19.9. The summed E-state index contributed by atoms with van der Waals surface area (Å²) in [5.74, 6) is 0.849. The minimum Gasteiger partial charge on any atom is -0.477 e. The van der Waals surface area contributed by atoms with E-state index in [-0.39, 0.29) is 5.63 Å². The molecule has 3 aromatic rings. The van der Waals surface area contributed by atoms with Gasteiger partial charge in [0.05, 0.1) is 0 Å². The Labute approximate surface area is 185 Å². The zero-order chi connectivity index (χ0) is 20.8. The van der Waals surface area contributed by atoms with E-state index in [1.165, 1.54) is 5.56 Å². The Morgan fingerprint density at radius 3 is 2.70 bits per heavy atom. The molecule has 1 aliphatic heterocycles. The van der Waals surface area contributed by atoms with Crippen LogP contribution in [0.4, 0.5) is 0 Å². The Hall–Kier alpha value is -2.01. The van der Waals surface area contributed by atoms with Gasteiger partial charge in [-0.1, -0.05) is 29.3 Å². The number of aryl methyl sites for hydroxylation is 2. The highest BCUT2D eigenvalue weighted by Gasteiger charge is 2.25. The van der Waals surface area contributed by atoms with Gasteiger partial charge in [0, 0.05) is 45.2 Å². The topological polar surface area (TPSA) is 42.7 Å². The van der Waals surface area contributed by atoms with E-state index in [4.69, 9.17) is 32.4 Å². The lowest BCUT2D eigenvalue weighted by atomic mass is 9.89. The quantitative estimate of drug-likeness (QED) is 0.488. The second-order valence-corrected chi connectivity index (χ2v) is 9.08. The molecule has 0 amide bonds. The molecular weight excluding hydrogens is 421 g/mol. The summed E-state index contributed by atoms with van der Waals surface area (Å²) in [4.78, 5) is 14.8. The van der Waals surface area contributed by atoms with Crippen LogP contribution in [-0.4, -0.2) is 18.2 Å². The lowest BCUT2D eigenvalue weighted by Crippen LogP contribution is -2.34. The molecule has 0 unspecified atom stereocenters. The van der Waals surface area contributed by atoms with Gasteiger partial charge in [0.1, 0.15) is 18.1 Å². The molecule has 0 saturated carbocycles. The van der Waals surface area contributed by atoms with Gasteiger partial charge in [-0.15, -0.1) is 0 Å². The van der Waals surface area contributed by atoms with E-state index in [0.717, 1.165) is 78.6 Å². The molecule has 2 aromatic carbocycles. The fourth-order valence-electron chi connectivity index (χ4n) is 4.70. The van der Waals surface area contributed by atoms with Crippen LogP contribution >= 0.6 is 23.2 Å². The number of halogens is 2. The van der Waals surface area contributed by atoms with Crippen molar-refractivity contribution < 1.29 is 9.15 Å². The van der Waals surface area contributed by atoms with Crippen molar-refractivity contribution in [1.29, 1.82) is 0 Å². The zero-order valence-corrected chi connectivity index (χ0v) is 18.4. The first-order chi connectivity index (χ1) is 14.5. The monoisotopic (exact) mass is 443 g/mol. The van der Waals surface area contributed by atoms with Gasteiger partial charge in [-0.05, 0) is 68.4 Å². The zero-order valence-electron chi connectivity index (χ0n) is 16.9. The van der Waals surface area contributed by atoms with Crippen LogP contribution in [0.1, 0.15) is 40.7 Å². The lowest BCUT2D eigenvalue weighted by molar-refractivity contribution is 0.0959. The number of ether oxygens (including phenoxy) is 1. The van der Waals surface area contributed by atoms with Gasteiger partial charge in [-0.3, -0.25) is 4.90 Å². The fraction of sp³-hybridized carbons (Fsp3) is 0.375. The van der Waals surface area contributed by atoms with Gasteiger partial charge in [-0.25, -0.2) is 4.79 Å². The van der Waals surface area contributed by atoms with Crippen LogP contribution in [0.3, 0.4) is 0 Å². The lowest BCUT2D eigenvalue weighted by Gasteiger charge is -2.31. The van der Waals surface area contributed by atoms with E-state index < -0.39 is 0 Å². The second kappa shape index (κ2) is 7.92. The van der Waals surface area contributed by atoms with Crippen molar-refractivity contribution in [3.8, 4) is 5.75 Å². The summed E-state index contributed by atoms with van der Waals surface area (Å²) >= 11 is 12.3. The molecule has 156 valence electrons. The smallest absolute Gasteiger partial charge is 0.339 e. The molecule has 0 radical (unpaired) electrons. The molecule has 6 heteroatoms. The normalized spacial score (nSPS) is 16.2. The largest absolute Gasteiger partial charge is 0.477 e. The van der Waals surface area contributed by atoms with Crippen molar-refractivity contribution in [1.82, 2.24) is 4.90 Å². The fourth-order valence-corrected chi connectivity index (χ4v) is 5.20. The Bertz CT molecular complexity index is 1200. The Morgan fingerprint density at radius 1 is 1.10 bits per heavy atom. The average Bonchev–Trinajstić information content (AvgIpc) is 2.74. The molecular formula is C24H23Cl2NO3. The molecule has 0 spiro atoms. The van der Waals surface area contributed by atoms with Crippen LogP contribution in [0, 0.1) is 6.92 Å². The van der Waals surface area contributed by atoms with Crippen molar-refractivity contribution in [3.63, 3.8) is 0 Å². The Kier molecular flexibility index (Phi) is 5.26. The van der Waals surface area contributed by atoms with Gasteiger partial charge in [0.15, 0.2) is 0 Å². The van der Waals surface area contributed by atoms with Gasteiger partial charge in [-0.2, -0.15) is 0 Å². The van der Waals surface area contributed by atoms with Crippen LogP contribution in [0.25, 0.3) is 11.0 Å². The summed E-state index contributed by atoms with van der Waals surface area (Å²) in [6.45, 7) is 4.12. The summed E-state index contributed by atoms with van der Waals surface area (Å²) < 4.78 is 11.8. The first-order valence-corrected chi connectivity index (χ1v) is 11.2. The maximum absolute atomic E-state index is 12.5. The van der Waals surface area contributed by atoms with Crippen LogP contribution in [0.15, 0.2) is 33.5 Å². The number of benzene rings is 2. The number of hydrogen-bond donors (Lipinski definition) is 0. The number of nitrogens with zero attached hydrogens (tertiary/aromatic N) is 1. The molecule has 5 rings (SSSR count). The van der Waals surface area contributed by atoms with Gasteiger partial charge < -0.3 is 9.15 Å². The molecule has 2 heterocycles. The van der Waals surface area contributed by atoms with E-state index in [1.807, 2.05) is 19.1 Å². The highest BCUT2D eigenvalue weighted by atomic mass is 35.5. The summed E-state index contributed by atoms with van der Waals surface area (Å²) in [7, 11) is 0. The molecule has 0 N–H and O–H groups in total. The van der Waals surface area contributed by atoms with Crippen LogP contribution < -0.4 is 10.4 Å². The third-order valence-electron chi connectivity index (χ3n) is 6.27.